The monoisotopic (exact) mass is 269 g/mol. The zero-order valence-corrected chi connectivity index (χ0v) is 11.3. The number of hydrogen-bond donors (Lipinski definition) is 1. The molecule has 0 aliphatic heterocycles. The van der Waals surface area contributed by atoms with E-state index in [9.17, 15) is 9.59 Å². The number of benzene rings is 2. The van der Waals surface area contributed by atoms with E-state index in [4.69, 9.17) is 4.74 Å². The summed E-state index contributed by atoms with van der Waals surface area (Å²) in [5.74, 6) is -0.307. The lowest BCUT2D eigenvalue weighted by Gasteiger charge is -2.07. The van der Waals surface area contributed by atoms with Crippen LogP contribution in [0.2, 0.25) is 0 Å². The highest BCUT2D eigenvalue weighted by atomic mass is 16.5. The Hall–Kier alpha value is -2.62. The molecule has 102 valence electrons. The van der Waals surface area contributed by atoms with E-state index >= 15 is 0 Å². The van der Waals surface area contributed by atoms with E-state index in [1.54, 1.807) is 18.2 Å². The van der Waals surface area contributed by atoms with Gasteiger partial charge in [0.25, 0.3) is 5.91 Å². The van der Waals surface area contributed by atoms with E-state index in [0.717, 1.165) is 11.3 Å². The van der Waals surface area contributed by atoms with E-state index in [2.05, 4.69) is 5.32 Å². The molecule has 0 aliphatic carbocycles. The van der Waals surface area contributed by atoms with Crippen LogP contribution in [0.1, 0.15) is 22.8 Å². The van der Waals surface area contributed by atoms with Gasteiger partial charge in [0.2, 0.25) is 0 Å². The molecule has 4 heteroatoms. The summed E-state index contributed by atoms with van der Waals surface area (Å²) < 4.78 is 4.95. The Morgan fingerprint density at radius 1 is 1.05 bits per heavy atom. The fraction of sp³-hybridized carbons (Fsp3) is 0.125. The third kappa shape index (κ3) is 3.68. The third-order valence-electron chi connectivity index (χ3n) is 2.67. The van der Waals surface area contributed by atoms with E-state index in [1.807, 2.05) is 31.2 Å². The lowest BCUT2D eigenvalue weighted by molar-refractivity contribution is -0.131. The Kier molecular flexibility index (Phi) is 4.15. The van der Waals surface area contributed by atoms with Crippen molar-refractivity contribution in [2.75, 3.05) is 5.32 Å². The number of nitrogens with one attached hydrogen (secondary N) is 1. The van der Waals surface area contributed by atoms with Crippen molar-refractivity contribution in [3.63, 3.8) is 0 Å². The second kappa shape index (κ2) is 6.02. The minimum atomic E-state index is -0.416. The number of ether oxygens (including phenoxy) is 1. The van der Waals surface area contributed by atoms with Gasteiger partial charge in [0, 0.05) is 18.2 Å². The van der Waals surface area contributed by atoms with Crippen molar-refractivity contribution in [3.05, 3.63) is 59.7 Å². The smallest absolute Gasteiger partial charge is 0.308 e. The van der Waals surface area contributed by atoms with E-state index in [0.29, 0.717) is 11.3 Å². The summed E-state index contributed by atoms with van der Waals surface area (Å²) in [5, 5.41) is 2.79. The average molecular weight is 269 g/mol. The van der Waals surface area contributed by atoms with Crippen LogP contribution in [0.25, 0.3) is 0 Å². The molecule has 2 aromatic carbocycles. The molecule has 0 aromatic heterocycles. The quantitative estimate of drug-likeness (QED) is 0.687. The molecule has 20 heavy (non-hydrogen) atoms. The van der Waals surface area contributed by atoms with Gasteiger partial charge in [0.1, 0.15) is 5.75 Å². The normalized spacial score (nSPS) is 9.90. The van der Waals surface area contributed by atoms with Crippen LogP contribution in [-0.4, -0.2) is 11.9 Å². The molecule has 0 aliphatic rings. The van der Waals surface area contributed by atoms with Gasteiger partial charge in [-0.1, -0.05) is 23.8 Å². The van der Waals surface area contributed by atoms with Crippen molar-refractivity contribution >= 4 is 17.6 Å². The number of carbonyl (C=O) groups excluding carboxylic acids is 2. The minimum absolute atomic E-state index is 0.247. The molecule has 0 unspecified atom stereocenters. The summed E-state index contributed by atoms with van der Waals surface area (Å²) in [6.45, 7) is 3.30. The maximum atomic E-state index is 12.1. The minimum Gasteiger partial charge on any atom is -0.427 e. The van der Waals surface area contributed by atoms with Crippen LogP contribution in [0.3, 0.4) is 0 Å². The fourth-order valence-electron chi connectivity index (χ4n) is 1.71. The van der Waals surface area contributed by atoms with Gasteiger partial charge < -0.3 is 10.1 Å². The van der Waals surface area contributed by atoms with Crippen LogP contribution >= 0.6 is 0 Å². The molecule has 2 rings (SSSR count). The molecule has 0 atom stereocenters. The Balaban J connectivity index is 2.12. The summed E-state index contributed by atoms with van der Waals surface area (Å²) in [4.78, 5) is 23.0. The molecule has 0 radical (unpaired) electrons. The van der Waals surface area contributed by atoms with Gasteiger partial charge in [-0.15, -0.1) is 0 Å². The fourth-order valence-corrected chi connectivity index (χ4v) is 1.71. The van der Waals surface area contributed by atoms with Crippen molar-refractivity contribution in [3.8, 4) is 5.75 Å². The molecule has 0 fully saturated rings. The summed E-state index contributed by atoms with van der Waals surface area (Å²) in [5.41, 5.74) is 2.28. The lowest BCUT2D eigenvalue weighted by Crippen LogP contribution is -2.12. The number of rotatable bonds is 3. The van der Waals surface area contributed by atoms with Gasteiger partial charge in [0.15, 0.2) is 0 Å². The Morgan fingerprint density at radius 2 is 1.75 bits per heavy atom. The van der Waals surface area contributed by atoms with Crippen molar-refractivity contribution < 1.29 is 14.3 Å². The second-order valence-electron chi connectivity index (χ2n) is 4.44. The number of hydrogen-bond acceptors (Lipinski definition) is 3. The maximum absolute atomic E-state index is 12.1. The highest BCUT2D eigenvalue weighted by Crippen LogP contribution is 2.16. The molecular formula is C16H15NO3. The van der Waals surface area contributed by atoms with Gasteiger partial charge in [-0.25, -0.2) is 0 Å². The van der Waals surface area contributed by atoms with Crippen LogP contribution in [0.4, 0.5) is 5.69 Å². The topological polar surface area (TPSA) is 55.4 Å². The third-order valence-corrected chi connectivity index (χ3v) is 2.67. The number of aryl methyl sites for hydroxylation is 1. The van der Waals surface area contributed by atoms with Crippen LogP contribution in [0.5, 0.6) is 5.75 Å². The van der Waals surface area contributed by atoms with Gasteiger partial charge in [0.05, 0.1) is 0 Å². The predicted octanol–water partition coefficient (Wildman–Crippen LogP) is 3.17. The number of anilines is 1. The van der Waals surface area contributed by atoms with Crippen molar-refractivity contribution in [2.45, 2.75) is 13.8 Å². The van der Waals surface area contributed by atoms with Crippen LogP contribution in [0.15, 0.2) is 48.5 Å². The molecule has 0 heterocycles. The maximum Gasteiger partial charge on any atom is 0.308 e. The van der Waals surface area contributed by atoms with Crippen molar-refractivity contribution in [1.29, 1.82) is 0 Å². The summed E-state index contributed by atoms with van der Waals surface area (Å²) in [7, 11) is 0. The van der Waals surface area contributed by atoms with Crippen molar-refractivity contribution in [1.82, 2.24) is 0 Å². The lowest BCUT2D eigenvalue weighted by atomic mass is 10.2. The molecule has 1 amide bonds. The van der Waals surface area contributed by atoms with Gasteiger partial charge in [-0.2, -0.15) is 0 Å². The number of carbonyl (C=O) groups is 2. The first-order chi connectivity index (χ1) is 9.54. The van der Waals surface area contributed by atoms with Crippen LogP contribution in [-0.2, 0) is 4.79 Å². The van der Waals surface area contributed by atoms with Gasteiger partial charge >= 0.3 is 5.97 Å². The first-order valence-electron chi connectivity index (χ1n) is 6.21. The Morgan fingerprint density at radius 3 is 2.40 bits per heavy atom. The standard InChI is InChI=1S/C16H15NO3/c1-11-6-8-14(9-7-11)17-16(19)13-4-3-5-15(10-13)20-12(2)18/h3-10H,1-2H3,(H,17,19). The molecule has 0 saturated heterocycles. The van der Waals surface area contributed by atoms with E-state index in [-0.39, 0.29) is 5.91 Å². The largest absolute Gasteiger partial charge is 0.427 e. The Labute approximate surface area is 117 Å². The summed E-state index contributed by atoms with van der Waals surface area (Å²) in [6, 6.07) is 14.0. The van der Waals surface area contributed by atoms with Crippen LogP contribution < -0.4 is 10.1 Å². The van der Waals surface area contributed by atoms with E-state index < -0.39 is 5.97 Å². The second-order valence-corrected chi connectivity index (χ2v) is 4.44. The highest BCUT2D eigenvalue weighted by molar-refractivity contribution is 6.04. The molecule has 2 aromatic rings. The van der Waals surface area contributed by atoms with Crippen molar-refractivity contribution in [2.24, 2.45) is 0 Å². The molecular weight excluding hydrogens is 254 g/mol. The van der Waals surface area contributed by atoms with E-state index in [1.165, 1.54) is 13.0 Å². The van der Waals surface area contributed by atoms with Gasteiger partial charge in [-0.3, -0.25) is 9.59 Å². The molecule has 0 spiro atoms. The SMILES string of the molecule is CC(=O)Oc1cccc(C(=O)Nc2ccc(C)cc2)c1. The molecule has 0 saturated carbocycles. The molecule has 4 nitrogen and oxygen atoms in total. The van der Waals surface area contributed by atoms with Gasteiger partial charge in [-0.05, 0) is 37.3 Å². The summed E-state index contributed by atoms with van der Waals surface area (Å²) >= 11 is 0. The first-order valence-corrected chi connectivity index (χ1v) is 6.21. The zero-order valence-electron chi connectivity index (χ0n) is 11.3. The predicted molar refractivity (Wildman–Crippen MR) is 76.9 cm³/mol. The summed E-state index contributed by atoms with van der Waals surface area (Å²) in [6.07, 6.45) is 0. The average Bonchev–Trinajstić information content (AvgIpc) is 2.41. The number of amides is 1. The number of esters is 1. The molecule has 0 bridgehead atoms. The Bertz CT molecular complexity index is 632. The zero-order chi connectivity index (χ0) is 14.5. The highest BCUT2D eigenvalue weighted by Gasteiger charge is 2.08. The van der Waals surface area contributed by atoms with Crippen LogP contribution in [0, 0.1) is 6.92 Å². The molecule has 1 N–H and O–H groups in total. The first kappa shape index (κ1) is 13.8.